The molecule has 0 radical (unpaired) electrons. The Balaban J connectivity index is 0.00000150. The van der Waals surface area contributed by atoms with Crippen LogP contribution in [0.1, 0.15) is 90.0 Å². The highest BCUT2D eigenvalue weighted by atomic mass is 19.1. The van der Waals surface area contributed by atoms with Crippen LogP contribution in [-0.2, 0) is 4.79 Å². The molecular formula is C41H50F2N6O3. The molecular weight excluding hydrogens is 662 g/mol. The van der Waals surface area contributed by atoms with Crippen molar-refractivity contribution in [3.05, 3.63) is 47.7 Å². The summed E-state index contributed by atoms with van der Waals surface area (Å²) in [7, 11) is 0. The van der Waals surface area contributed by atoms with Crippen molar-refractivity contribution in [2.45, 2.75) is 103 Å². The number of hydrogen-bond acceptors (Lipinski definition) is 9. The molecule has 3 unspecified atom stereocenters. The topological polar surface area (TPSA) is 104 Å². The number of hydrogen-bond donors (Lipinski definition) is 2. The van der Waals surface area contributed by atoms with Crippen LogP contribution in [0, 0.1) is 24.0 Å². The maximum absolute atomic E-state index is 16.8. The molecule has 7 rings (SSSR count). The number of likely N-dealkylation sites (tertiary alicyclic amines) is 1. The largest absolute Gasteiger partial charge is 0.508 e. The van der Waals surface area contributed by atoms with Gasteiger partial charge in [-0.05, 0) is 62.7 Å². The fraction of sp³-hybridized carbons (Fsp3) is 0.512. The molecule has 3 atom stereocenters. The van der Waals surface area contributed by atoms with Crippen LogP contribution >= 0.6 is 0 Å². The number of unbranched alkanes of at least 4 members (excludes halogenated alkanes) is 7. The van der Waals surface area contributed by atoms with E-state index in [9.17, 15) is 9.50 Å². The van der Waals surface area contributed by atoms with E-state index in [0.717, 1.165) is 58.3 Å². The second kappa shape index (κ2) is 17.4. The van der Waals surface area contributed by atoms with Gasteiger partial charge in [0.15, 0.2) is 5.82 Å². The molecule has 0 saturated carbocycles. The van der Waals surface area contributed by atoms with Gasteiger partial charge in [0.05, 0.1) is 10.9 Å². The number of carbonyl (C=O) groups is 1. The highest BCUT2D eigenvalue weighted by Gasteiger charge is 2.35. The quantitative estimate of drug-likeness (QED) is 0.0827. The summed E-state index contributed by atoms with van der Waals surface area (Å²) in [5.41, 5.74) is 0.163. The number of fused-ring (bicyclic) bond motifs is 4. The number of piperazine rings is 1. The molecule has 2 N–H and O–H groups in total. The van der Waals surface area contributed by atoms with Gasteiger partial charge in [-0.2, -0.15) is 9.97 Å². The van der Waals surface area contributed by atoms with E-state index in [1.807, 2.05) is 0 Å². The van der Waals surface area contributed by atoms with Crippen LogP contribution in [-0.4, -0.2) is 82.2 Å². The molecule has 3 aliphatic rings. The number of nitrogens with zero attached hydrogens (tertiary/aromatic N) is 5. The lowest BCUT2D eigenvalue weighted by Gasteiger charge is -2.34. The average Bonchev–Trinajstić information content (AvgIpc) is 3.73. The van der Waals surface area contributed by atoms with Crippen molar-refractivity contribution in [3.63, 3.8) is 0 Å². The van der Waals surface area contributed by atoms with E-state index < -0.39 is 11.6 Å². The summed E-state index contributed by atoms with van der Waals surface area (Å²) in [5.74, 6) is 1.58. The fourth-order valence-corrected chi connectivity index (χ4v) is 7.94. The number of aldehydes is 1. The van der Waals surface area contributed by atoms with Crippen LogP contribution in [0.25, 0.3) is 32.9 Å². The first-order valence-electron chi connectivity index (χ1n) is 18.9. The molecule has 0 aliphatic carbocycles. The third kappa shape index (κ3) is 8.45. The SMILES string of the molecule is C#Cc1c(F)ccc2cc(O)cc(-c3ncc4c(N5CC6CCC(C5)N6)nc(OC5CCN(CCCCCCCCCC)C5)nc4c3F)c12.CC=O. The van der Waals surface area contributed by atoms with Crippen molar-refractivity contribution in [2.75, 3.05) is 37.6 Å². The van der Waals surface area contributed by atoms with Crippen LogP contribution in [0.4, 0.5) is 14.6 Å². The number of anilines is 1. The summed E-state index contributed by atoms with van der Waals surface area (Å²) in [6, 6.07) is 6.41. The molecule has 52 heavy (non-hydrogen) atoms. The van der Waals surface area contributed by atoms with Gasteiger partial charge in [-0.25, -0.2) is 8.78 Å². The molecule has 3 fully saturated rings. The Morgan fingerprint density at radius 2 is 1.73 bits per heavy atom. The number of phenolic OH excluding ortho intramolecular Hbond substituents is 1. The predicted octanol–water partition coefficient (Wildman–Crippen LogP) is 7.55. The summed E-state index contributed by atoms with van der Waals surface area (Å²) >= 11 is 0. The Hall–Kier alpha value is -4.40. The fourth-order valence-electron chi connectivity index (χ4n) is 7.94. The lowest BCUT2D eigenvalue weighted by Crippen LogP contribution is -2.51. The first-order valence-corrected chi connectivity index (χ1v) is 18.9. The number of benzene rings is 2. The van der Waals surface area contributed by atoms with Crippen molar-refractivity contribution in [1.29, 1.82) is 0 Å². The highest BCUT2D eigenvalue weighted by molar-refractivity contribution is 6.03. The van der Waals surface area contributed by atoms with E-state index in [1.165, 1.54) is 82.6 Å². The minimum absolute atomic E-state index is 0.0183. The van der Waals surface area contributed by atoms with Gasteiger partial charge in [-0.1, -0.05) is 63.9 Å². The number of carbonyl (C=O) groups excluding carboxylic acids is 1. The van der Waals surface area contributed by atoms with Crippen molar-refractivity contribution in [2.24, 2.45) is 0 Å². The van der Waals surface area contributed by atoms with Gasteiger partial charge >= 0.3 is 6.01 Å². The summed E-state index contributed by atoms with van der Waals surface area (Å²) in [6.07, 6.45) is 21.3. The summed E-state index contributed by atoms with van der Waals surface area (Å²) in [4.78, 5) is 27.5. The van der Waals surface area contributed by atoms with Gasteiger partial charge in [-0.3, -0.25) is 9.88 Å². The van der Waals surface area contributed by atoms with Gasteiger partial charge < -0.3 is 24.9 Å². The summed E-state index contributed by atoms with van der Waals surface area (Å²) < 4.78 is 38.1. The van der Waals surface area contributed by atoms with Gasteiger partial charge in [0.25, 0.3) is 0 Å². The second-order valence-electron chi connectivity index (χ2n) is 14.3. The van der Waals surface area contributed by atoms with Crippen molar-refractivity contribution in [1.82, 2.24) is 25.2 Å². The second-order valence-corrected chi connectivity index (χ2v) is 14.3. The maximum Gasteiger partial charge on any atom is 0.319 e. The summed E-state index contributed by atoms with van der Waals surface area (Å²) in [5, 5.41) is 15.5. The number of pyridine rings is 1. The standard InChI is InChI=1S/C39H46F2N6O2.C2H4O/c1-3-5-6-7-8-9-10-11-17-46-18-16-29(24-46)49-39-44-37-32(38(45-39)47-22-26-13-14-27(23-47)43-26)21-42-36(35(37)41)31-20-28(48)19-25-12-15-33(40)30(4-2)34(25)31;1-2-3/h2,12,15,19-21,26-27,29,43,48H,3,5-11,13-14,16-18,22-24H2,1H3;2H,1H3. The van der Waals surface area contributed by atoms with E-state index in [2.05, 4.69) is 37.9 Å². The van der Waals surface area contributed by atoms with E-state index >= 15 is 4.39 Å². The van der Waals surface area contributed by atoms with E-state index in [4.69, 9.17) is 20.9 Å². The Morgan fingerprint density at radius 1 is 1.02 bits per heavy atom. The number of rotatable bonds is 13. The molecule has 2 aromatic heterocycles. The smallest absolute Gasteiger partial charge is 0.319 e. The maximum atomic E-state index is 16.8. The van der Waals surface area contributed by atoms with Gasteiger partial charge in [0.1, 0.15) is 41.0 Å². The number of nitrogens with one attached hydrogen (secondary N) is 1. The highest BCUT2D eigenvalue weighted by Crippen LogP contribution is 2.39. The monoisotopic (exact) mass is 712 g/mol. The van der Waals surface area contributed by atoms with Crippen molar-refractivity contribution < 1.29 is 23.4 Å². The molecule has 11 heteroatoms. The lowest BCUT2D eigenvalue weighted by molar-refractivity contribution is -0.106. The number of halogens is 2. The molecule has 4 aromatic rings. The zero-order valence-electron chi connectivity index (χ0n) is 30.3. The Bertz CT molecular complexity index is 1900. The van der Waals surface area contributed by atoms with Gasteiger partial charge in [-0.15, -0.1) is 6.42 Å². The number of ether oxygens (including phenoxy) is 1. The molecule has 5 heterocycles. The Labute approximate surface area is 305 Å². The number of terminal acetylenes is 1. The molecule has 9 nitrogen and oxygen atoms in total. The molecule has 0 spiro atoms. The zero-order chi connectivity index (χ0) is 36.6. The molecule has 3 aliphatic heterocycles. The predicted molar refractivity (Wildman–Crippen MR) is 202 cm³/mol. The summed E-state index contributed by atoms with van der Waals surface area (Å²) in [6.45, 7) is 7.95. The molecule has 2 bridgehead atoms. The minimum Gasteiger partial charge on any atom is -0.508 e. The van der Waals surface area contributed by atoms with Crippen molar-refractivity contribution in [3.8, 4) is 35.4 Å². The Kier molecular flexibility index (Phi) is 12.5. The first-order chi connectivity index (χ1) is 25.3. The van der Waals surface area contributed by atoms with Crippen LogP contribution in [0.3, 0.4) is 0 Å². The van der Waals surface area contributed by atoms with E-state index in [0.29, 0.717) is 34.1 Å². The average molecular weight is 713 g/mol. The third-order valence-corrected chi connectivity index (χ3v) is 10.4. The molecule has 276 valence electrons. The minimum atomic E-state index is -0.703. The van der Waals surface area contributed by atoms with Crippen LogP contribution in [0.5, 0.6) is 11.8 Å². The van der Waals surface area contributed by atoms with Gasteiger partial charge in [0, 0.05) is 55.4 Å². The normalized spacial score (nSPS) is 19.8. The number of aromatic hydroxyl groups is 1. The Morgan fingerprint density at radius 3 is 2.44 bits per heavy atom. The number of aromatic nitrogens is 3. The van der Waals surface area contributed by atoms with Gasteiger partial charge in [0.2, 0.25) is 0 Å². The molecule has 3 saturated heterocycles. The molecule has 0 amide bonds. The molecule has 2 aromatic carbocycles. The zero-order valence-corrected chi connectivity index (χ0v) is 30.3. The first kappa shape index (κ1) is 37.4. The number of phenols is 1. The van der Waals surface area contributed by atoms with Crippen LogP contribution in [0.2, 0.25) is 0 Å². The van der Waals surface area contributed by atoms with Crippen LogP contribution in [0.15, 0.2) is 30.5 Å². The van der Waals surface area contributed by atoms with E-state index in [-0.39, 0.29) is 40.2 Å². The van der Waals surface area contributed by atoms with Crippen molar-refractivity contribution >= 4 is 33.8 Å². The van der Waals surface area contributed by atoms with Crippen LogP contribution < -0.4 is 15.0 Å². The third-order valence-electron chi connectivity index (χ3n) is 10.4. The lowest BCUT2D eigenvalue weighted by atomic mass is 9.96. The van der Waals surface area contributed by atoms with E-state index in [1.54, 1.807) is 6.20 Å².